The van der Waals surface area contributed by atoms with Crippen molar-refractivity contribution in [1.82, 2.24) is 9.78 Å². The van der Waals surface area contributed by atoms with Gasteiger partial charge >= 0.3 is 0 Å². The van der Waals surface area contributed by atoms with Crippen LogP contribution in [0.1, 0.15) is 36.4 Å². The van der Waals surface area contributed by atoms with Crippen molar-refractivity contribution in [3.8, 4) is 0 Å². The maximum atomic E-state index is 5.50. The number of rotatable bonds is 4. The topological polar surface area (TPSA) is 43.8 Å². The van der Waals surface area contributed by atoms with Gasteiger partial charge in [0.05, 0.1) is 5.69 Å². The lowest BCUT2D eigenvalue weighted by molar-refractivity contribution is 0.744. The summed E-state index contributed by atoms with van der Waals surface area (Å²) < 4.78 is 1.93. The monoisotopic (exact) mass is 179 g/mol. The lowest BCUT2D eigenvalue weighted by Gasteiger charge is -1.97. The minimum absolute atomic E-state index is 0.758. The van der Waals surface area contributed by atoms with E-state index in [-0.39, 0.29) is 0 Å². The average Bonchev–Trinajstić information content (AvgIpc) is 2.88. The summed E-state index contributed by atoms with van der Waals surface area (Å²) in [5.74, 6) is 0.758. The molecule has 2 rings (SSSR count). The van der Waals surface area contributed by atoms with E-state index < -0.39 is 0 Å². The second-order valence-corrected chi connectivity index (χ2v) is 3.88. The molecule has 1 aromatic heterocycles. The van der Waals surface area contributed by atoms with E-state index in [1.54, 1.807) is 0 Å². The van der Waals surface area contributed by atoms with Crippen molar-refractivity contribution < 1.29 is 0 Å². The minimum Gasteiger partial charge on any atom is -0.330 e. The molecule has 0 amide bonds. The predicted molar refractivity (Wildman–Crippen MR) is 52.6 cm³/mol. The molecule has 0 radical (unpaired) electrons. The first kappa shape index (κ1) is 8.75. The van der Waals surface area contributed by atoms with E-state index in [9.17, 15) is 0 Å². The van der Waals surface area contributed by atoms with Gasteiger partial charge in [-0.05, 0) is 37.8 Å². The zero-order chi connectivity index (χ0) is 9.26. The van der Waals surface area contributed by atoms with E-state index in [4.69, 9.17) is 5.73 Å². The van der Waals surface area contributed by atoms with Crippen molar-refractivity contribution >= 4 is 0 Å². The van der Waals surface area contributed by atoms with E-state index >= 15 is 0 Å². The van der Waals surface area contributed by atoms with Crippen LogP contribution in [0.15, 0.2) is 6.20 Å². The van der Waals surface area contributed by atoms with Crippen LogP contribution in [0.25, 0.3) is 0 Å². The summed E-state index contributed by atoms with van der Waals surface area (Å²) in [6, 6.07) is 0. The second-order valence-electron chi connectivity index (χ2n) is 3.88. The van der Waals surface area contributed by atoms with Crippen molar-refractivity contribution in [2.75, 3.05) is 6.54 Å². The van der Waals surface area contributed by atoms with E-state index in [0.717, 1.165) is 25.3 Å². The van der Waals surface area contributed by atoms with Crippen molar-refractivity contribution in [3.05, 3.63) is 17.5 Å². The van der Waals surface area contributed by atoms with Crippen LogP contribution in [-0.4, -0.2) is 16.3 Å². The first-order valence-electron chi connectivity index (χ1n) is 5.03. The van der Waals surface area contributed by atoms with Crippen LogP contribution in [-0.2, 0) is 13.5 Å². The zero-order valence-electron chi connectivity index (χ0n) is 8.16. The van der Waals surface area contributed by atoms with Gasteiger partial charge in [-0.1, -0.05) is 0 Å². The van der Waals surface area contributed by atoms with Crippen LogP contribution in [0.3, 0.4) is 0 Å². The van der Waals surface area contributed by atoms with Gasteiger partial charge in [-0.25, -0.2) is 0 Å². The molecule has 0 bridgehead atoms. The zero-order valence-corrected chi connectivity index (χ0v) is 8.16. The van der Waals surface area contributed by atoms with E-state index in [2.05, 4.69) is 11.3 Å². The molecular formula is C10H17N3. The quantitative estimate of drug-likeness (QED) is 0.754. The van der Waals surface area contributed by atoms with Gasteiger partial charge in [-0.15, -0.1) is 0 Å². The molecule has 1 saturated carbocycles. The molecule has 1 aliphatic carbocycles. The van der Waals surface area contributed by atoms with Crippen LogP contribution < -0.4 is 5.73 Å². The summed E-state index contributed by atoms with van der Waals surface area (Å²) in [6.45, 7) is 0.777. The van der Waals surface area contributed by atoms with Gasteiger partial charge in [-0.3, -0.25) is 4.68 Å². The Bertz CT molecular complexity index is 286. The van der Waals surface area contributed by atoms with Gasteiger partial charge in [0.2, 0.25) is 0 Å². The minimum atomic E-state index is 0.758. The highest BCUT2D eigenvalue weighted by atomic mass is 15.3. The van der Waals surface area contributed by atoms with E-state index in [1.165, 1.54) is 24.1 Å². The summed E-state index contributed by atoms with van der Waals surface area (Å²) >= 11 is 0. The molecule has 1 aliphatic rings. The van der Waals surface area contributed by atoms with E-state index in [0.29, 0.717) is 0 Å². The number of hydrogen-bond acceptors (Lipinski definition) is 2. The molecular weight excluding hydrogens is 162 g/mol. The smallest absolute Gasteiger partial charge is 0.0687 e. The molecule has 3 nitrogen and oxygen atoms in total. The van der Waals surface area contributed by atoms with Gasteiger partial charge in [-0.2, -0.15) is 5.10 Å². The fourth-order valence-corrected chi connectivity index (χ4v) is 1.74. The van der Waals surface area contributed by atoms with Crippen molar-refractivity contribution in [1.29, 1.82) is 0 Å². The molecule has 3 heteroatoms. The van der Waals surface area contributed by atoms with Crippen LogP contribution >= 0.6 is 0 Å². The number of aryl methyl sites for hydroxylation is 2. The molecule has 0 unspecified atom stereocenters. The third-order valence-electron chi connectivity index (χ3n) is 2.55. The number of hydrogen-bond donors (Lipinski definition) is 1. The number of nitrogens with two attached hydrogens (primary N) is 1. The fraction of sp³-hybridized carbons (Fsp3) is 0.700. The summed E-state index contributed by atoms with van der Waals surface area (Å²) in [5, 5.41) is 4.50. The van der Waals surface area contributed by atoms with Gasteiger partial charge in [0.15, 0.2) is 0 Å². The lowest BCUT2D eigenvalue weighted by atomic mass is 10.1. The molecule has 0 spiro atoms. The molecule has 2 N–H and O–H groups in total. The Labute approximate surface area is 78.9 Å². The maximum Gasteiger partial charge on any atom is 0.0687 e. The predicted octanol–water partition coefficient (Wildman–Crippen LogP) is 1.19. The van der Waals surface area contributed by atoms with Crippen molar-refractivity contribution in [2.45, 2.75) is 31.6 Å². The third kappa shape index (κ3) is 1.91. The van der Waals surface area contributed by atoms with Crippen LogP contribution in [0.4, 0.5) is 0 Å². The standard InChI is InChI=1S/C10H17N3/c1-13-7-9(3-2-6-11)10(12-13)8-4-5-8/h7-8H,2-6,11H2,1H3. The van der Waals surface area contributed by atoms with Gasteiger partial charge in [0.25, 0.3) is 0 Å². The summed E-state index contributed by atoms with van der Waals surface area (Å²) in [4.78, 5) is 0. The fourth-order valence-electron chi connectivity index (χ4n) is 1.74. The highest BCUT2D eigenvalue weighted by molar-refractivity contribution is 5.24. The molecule has 0 saturated heterocycles. The summed E-state index contributed by atoms with van der Waals surface area (Å²) in [7, 11) is 2.00. The van der Waals surface area contributed by atoms with Gasteiger partial charge in [0.1, 0.15) is 0 Å². The molecule has 1 aromatic rings. The first-order valence-corrected chi connectivity index (χ1v) is 5.03. The summed E-state index contributed by atoms with van der Waals surface area (Å²) in [5.41, 5.74) is 8.24. The highest BCUT2D eigenvalue weighted by Gasteiger charge is 2.28. The average molecular weight is 179 g/mol. The Balaban J connectivity index is 2.11. The highest BCUT2D eigenvalue weighted by Crippen LogP contribution is 2.40. The largest absolute Gasteiger partial charge is 0.330 e. The van der Waals surface area contributed by atoms with Crippen molar-refractivity contribution in [2.24, 2.45) is 12.8 Å². The SMILES string of the molecule is Cn1cc(CCCN)c(C2CC2)n1. The Morgan fingerprint density at radius 2 is 2.38 bits per heavy atom. The van der Waals surface area contributed by atoms with Crippen LogP contribution in [0, 0.1) is 0 Å². The first-order chi connectivity index (χ1) is 6.31. The third-order valence-corrected chi connectivity index (χ3v) is 2.55. The maximum absolute atomic E-state index is 5.50. The molecule has 13 heavy (non-hydrogen) atoms. The van der Waals surface area contributed by atoms with Crippen LogP contribution in [0.2, 0.25) is 0 Å². The van der Waals surface area contributed by atoms with E-state index in [1.807, 2.05) is 11.7 Å². The lowest BCUT2D eigenvalue weighted by Crippen LogP contribution is -2.01. The molecule has 0 atom stereocenters. The Kier molecular flexibility index (Phi) is 2.36. The molecule has 0 aromatic carbocycles. The number of aromatic nitrogens is 2. The Morgan fingerprint density at radius 3 is 3.00 bits per heavy atom. The van der Waals surface area contributed by atoms with Crippen molar-refractivity contribution in [3.63, 3.8) is 0 Å². The normalized spacial score (nSPS) is 16.5. The Morgan fingerprint density at radius 1 is 1.62 bits per heavy atom. The molecule has 1 heterocycles. The van der Waals surface area contributed by atoms with Crippen LogP contribution in [0.5, 0.6) is 0 Å². The molecule has 0 aliphatic heterocycles. The summed E-state index contributed by atoms with van der Waals surface area (Å²) in [6.07, 6.45) is 6.96. The number of nitrogens with zero attached hydrogens (tertiary/aromatic N) is 2. The van der Waals surface area contributed by atoms with Gasteiger partial charge in [0, 0.05) is 19.2 Å². The molecule has 1 fully saturated rings. The van der Waals surface area contributed by atoms with Gasteiger partial charge < -0.3 is 5.73 Å². The second kappa shape index (κ2) is 3.50. The Hall–Kier alpha value is -0.830. The molecule has 72 valence electrons.